The van der Waals surface area contributed by atoms with Gasteiger partial charge in [-0.25, -0.2) is 4.98 Å². The van der Waals surface area contributed by atoms with Crippen LogP contribution in [0.4, 0.5) is 24.5 Å². The van der Waals surface area contributed by atoms with E-state index in [1.54, 1.807) is 6.07 Å². The lowest BCUT2D eigenvalue weighted by molar-refractivity contribution is -0.137. The molecule has 1 heterocycles. The molecule has 8 heteroatoms. The van der Waals surface area contributed by atoms with E-state index in [0.29, 0.717) is 24.5 Å². The van der Waals surface area contributed by atoms with Crippen LogP contribution in [-0.4, -0.2) is 31.2 Å². The number of anilines is 2. The molecule has 24 heavy (non-hydrogen) atoms. The van der Waals surface area contributed by atoms with E-state index in [1.165, 1.54) is 31.5 Å². The average Bonchev–Trinajstić information content (AvgIpc) is 2.55. The third-order valence-electron chi connectivity index (χ3n) is 3.09. The zero-order chi connectivity index (χ0) is 17.6. The molecule has 0 unspecified atom stereocenters. The minimum absolute atomic E-state index is 0.240. The Balaban J connectivity index is 1.97. The van der Waals surface area contributed by atoms with Gasteiger partial charge in [0.1, 0.15) is 5.69 Å². The van der Waals surface area contributed by atoms with Gasteiger partial charge < -0.3 is 15.4 Å². The van der Waals surface area contributed by atoms with Crippen molar-refractivity contribution in [3.63, 3.8) is 0 Å². The lowest BCUT2D eigenvalue weighted by atomic mass is 10.2. The SMILES string of the molecule is COCCNC(=O)c1ccc(Nc2ccc(C(F)(F)F)cc2)cn1. The normalized spacial score (nSPS) is 11.2. The third kappa shape index (κ3) is 4.95. The van der Waals surface area contributed by atoms with E-state index >= 15 is 0 Å². The van der Waals surface area contributed by atoms with Gasteiger partial charge in [0.25, 0.3) is 5.91 Å². The van der Waals surface area contributed by atoms with Crippen molar-refractivity contribution < 1.29 is 22.7 Å². The van der Waals surface area contributed by atoms with Crippen molar-refractivity contribution >= 4 is 17.3 Å². The van der Waals surface area contributed by atoms with Crippen molar-refractivity contribution in [3.8, 4) is 0 Å². The highest BCUT2D eigenvalue weighted by atomic mass is 19.4. The summed E-state index contributed by atoms with van der Waals surface area (Å²) in [6.45, 7) is 0.780. The highest BCUT2D eigenvalue weighted by molar-refractivity contribution is 5.92. The van der Waals surface area contributed by atoms with Crippen LogP contribution in [0, 0.1) is 0 Å². The summed E-state index contributed by atoms with van der Waals surface area (Å²) in [4.78, 5) is 15.8. The molecule has 0 aliphatic heterocycles. The van der Waals surface area contributed by atoms with E-state index in [2.05, 4.69) is 15.6 Å². The molecule has 0 fully saturated rings. The molecule has 1 aromatic carbocycles. The minimum atomic E-state index is -4.36. The first-order chi connectivity index (χ1) is 11.4. The van der Waals surface area contributed by atoms with Crippen molar-refractivity contribution in [3.05, 3.63) is 53.9 Å². The molecule has 0 bridgehead atoms. The number of carbonyl (C=O) groups excluding carboxylic acids is 1. The molecular formula is C16H16F3N3O2. The van der Waals surface area contributed by atoms with Crippen LogP contribution in [0.3, 0.4) is 0 Å². The van der Waals surface area contributed by atoms with Crippen LogP contribution in [-0.2, 0) is 10.9 Å². The molecule has 0 radical (unpaired) electrons. The maximum Gasteiger partial charge on any atom is 0.416 e. The molecule has 5 nitrogen and oxygen atoms in total. The van der Waals surface area contributed by atoms with Crippen LogP contribution >= 0.6 is 0 Å². The number of aromatic nitrogens is 1. The zero-order valence-electron chi connectivity index (χ0n) is 12.9. The van der Waals surface area contributed by atoms with E-state index in [1.807, 2.05) is 0 Å². The molecule has 0 aliphatic carbocycles. The highest BCUT2D eigenvalue weighted by Crippen LogP contribution is 2.30. The zero-order valence-corrected chi connectivity index (χ0v) is 12.9. The molecule has 2 N–H and O–H groups in total. The summed E-state index contributed by atoms with van der Waals surface area (Å²) in [5.74, 6) is -0.326. The number of halogens is 3. The predicted molar refractivity (Wildman–Crippen MR) is 83.2 cm³/mol. The van der Waals surface area contributed by atoms with Crippen molar-refractivity contribution in [2.24, 2.45) is 0 Å². The summed E-state index contributed by atoms with van der Waals surface area (Å²) >= 11 is 0. The number of rotatable bonds is 6. The first-order valence-electron chi connectivity index (χ1n) is 7.07. The van der Waals surface area contributed by atoms with Crippen LogP contribution in [0.2, 0.25) is 0 Å². The van der Waals surface area contributed by atoms with Gasteiger partial charge in [-0.05, 0) is 36.4 Å². The van der Waals surface area contributed by atoms with E-state index in [0.717, 1.165) is 12.1 Å². The lowest BCUT2D eigenvalue weighted by Gasteiger charge is -2.10. The maximum atomic E-state index is 12.5. The van der Waals surface area contributed by atoms with Gasteiger partial charge in [0.05, 0.1) is 24.1 Å². The van der Waals surface area contributed by atoms with Crippen LogP contribution in [0.1, 0.15) is 16.1 Å². The number of carbonyl (C=O) groups is 1. The van der Waals surface area contributed by atoms with Gasteiger partial charge in [-0.3, -0.25) is 4.79 Å². The van der Waals surface area contributed by atoms with Gasteiger partial charge in [0, 0.05) is 19.3 Å². The number of methoxy groups -OCH3 is 1. The molecule has 0 aliphatic rings. The second-order valence-electron chi connectivity index (χ2n) is 4.88. The Kier molecular flexibility index (Phi) is 5.75. The quantitative estimate of drug-likeness (QED) is 0.793. The Hall–Kier alpha value is -2.61. The van der Waals surface area contributed by atoms with Crippen LogP contribution in [0.25, 0.3) is 0 Å². The first-order valence-corrected chi connectivity index (χ1v) is 7.07. The van der Waals surface area contributed by atoms with E-state index in [9.17, 15) is 18.0 Å². The summed E-state index contributed by atoms with van der Waals surface area (Å²) in [6, 6.07) is 7.79. The second kappa shape index (κ2) is 7.78. The fourth-order valence-electron chi connectivity index (χ4n) is 1.87. The van der Waals surface area contributed by atoms with Gasteiger partial charge in [0.15, 0.2) is 0 Å². The smallest absolute Gasteiger partial charge is 0.383 e. The number of hydrogen-bond acceptors (Lipinski definition) is 4. The Labute approximate surface area is 136 Å². The minimum Gasteiger partial charge on any atom is -0.383 e. The fourth-order valence-corrected chi connectivity index (χ4v) is 1.87. The number of nitrogens with zero attached hydrogens (tertiary/aromatic N) is 1. The average molecular weight is 339 g/mol. The molecule has 0 saturated heterocycles. The Morgan fingerprint density at radius 2 is 1.79 bits per heavy atom. The predicted octanol–water partition coefficient (Wildman–Crippen LogP) is 3.22. The maximum absolute atomic E-state index is 12.5. The number of alkyl halides is 3. The van der Waals surface area contributed by atoms with Gasteiger partial charge in [0.2, 0.25) is 0 Å². The van der Waals surface area contributed by atoms with Gasteiger partial charge in [-0.2, -0.15) is 13.2 Å². The molecular weight excluding hydrogens is 323 g/mol. The van der Waals surface area contributed by atoms with E-state index < -0.39 is 11.7 Å². The molecule has 1 amide bonds. The Bertz CT molecular complexity index is 670. The summed E-state index contributed by atoms with van der Waals surface area (Å²) in [5.41, 5.74) is 0.573. The van der Waals surface area contributed by atoms with Gasteiger partial charge >= 0.3 is 6.18 Å². The fraction of sp³-hybridized carbons (Fsp3) is 0.250. The monoisotopic (exact) mass is 339 g/mol. The number of amides is 1. The number of nitrogens with one attached hydrogen (secondary N) is 2. The van der Waals surface area contributed by atoms with Gasteiger partial charge in [-0.1, -0.05) is 0 Å². The van der Waals surface area contributed by atoms with Crippen LogP contribution in [0.5, 0.6) is 0 Å². The number of ether oxygens (including phenoxy) is 1. The van der Waals surface area contributed by atoms with Crippen molar-refractivity contribution in [1.29, 1.82) is 0 Å². The second-order valence-corrected chi connectivity index (χ2v) is 4.88. The largest absolute Gasteiger partial charge is 0.416 e. The number of pyridine rings is 1. The van der Waals surface area contributed by atoms with Crippen LogP contribution in [0.15, 0.2) is 42.6 Å². The molecule has 2 rings (SSSR count). The van der Waals surface area contributed by atoms with E-state index in [4.69, 9.17) is 4.74 Å². The van der Waals surface area contributed by atoms with Crippen LogP contribution < -0.4 is 10.6 Å². The first kappa shape index (κ1) is 17.7. The summed E-state index contributed by atoms with van der Waals surface area (Å²) in [7, 11) is 1.53. The molecule has 0 spiro atoms. The highest BCUT2D eigenvalue weighted by Gasteiger charge is 2.29. The van der Waals surface area contributed by atoms with E-state index in [-0.39, 0.29) is 11.6 Å². The topological polar surface area (TPSA) is 63.2 Å². The van der Waals surface area contributed by atoms with Gasteiger partial charge in [-0.15, -0.1) is 0 Å². The molecule has 128 valence electrons. The standard InChI is InChI=1S/C16H16F3N3O2/c1-24-9-8-20-15(23)14-7-6-13(10-21-14)22-12-4-2-11(3-5-12)16(17,18)19/h2-7,10,22H,8-9H2,1H3,(H,20,23). The molecule has 2 aromatic rings. The lowest BCUT2D eigenvalue weighted by Crippen LogP contribution is -2.27. The summed E-state index contributed by atoms with van der Waals surface area (Å²) in [6.07, 6.45) is -2.93. The molecule has 0 saturated carbocycles. The Morgan fingerprint density at radius 3 is 2.33 bits per heavy atom. The summed E-state index contributed by atoms with van der Waals surface area (Å²) < 4.78 is 42.3. The molecule has 0 atom stereocenters. The Morgan fingerprint density at radius 1 is 1.12 bits per heavy atom. The number of benzene rings is 1. The number of hydrogen-bond donors (Lipinski definition) is 2. The molecule has 1 aromatic heterocycles. The summed E-state index contributed by atoms with van der Waals surface area (Å²) in [5, 5.41) is 5.56. The third-order valence-corrected chi connectivity index (χ3v) is 3.09. The van der Waals surface area contributed by atoms with Crippen molar-refractivity contribution in [2.75, 3.05) is 25.6 Å². The van der Waals surface area contributed by atoms with Crippen molar-refractivity contribution in [2.45, 2.75) is 6.18 Å². The van der Waals surface area contributed by atoms with Crippen molar-refractivity contribution in [1.82, 2.24) is 10.3 Å².